The summed E-state index contributed by atoms with van der Waals surface area (Å²) in [6.45, 7) is 4.88. The van der Waals surface area contributed by atoms with Crippen molar-refractivity contribution >= 4 is 21.8 Å². The first-order valence-electron chi connectivity index (χ1n) is 7.97. The van der Waals surface area contributed by atoms with E-state index in [1.807, 2.05) is 0 Å². The van der Waals surface area contributed by atoms with Crippen molar-refractivity contribution in [3.63, 3.8) is 0 Å². The van der Waals surface area contributed by atoms with Gasteiger partial charge in [0.05, 0.1) is 4.47 Å². The lowest BCUT2D eigenvalue weighted by Gasteiger charge is -2.28. The molecular weight excluding hydrogens is 347 g/mol. The number of piperidine rings is 1. The fraction of sp³-hybridized carbons (Fsp3) is 0.588. The van der Waals surface area contributed by atoms with Gasteiger partial charge in [0.25, 0.3) is 0 Å². The van der Waals surface area contributed by atoms with Gasteiger partial charge in [-0.2, -0.15) is 0 Å². The summed E-state index contributed by atoms with van der Waals surface area (Å²) in [7, 11) is 0. The van der Waals surface area contributed by atoms with Crippen molar-refractivity contribution < 1.29 is 9.18 Å². The summed E-state index contributed by atoms with van der Waals surface area (Å²) in [6.07, 6.45) is 3.71. The number of benzene rings is 1. The first kappa shape index (κ1) is 17.4. The molecule has 0 radical (unpaired) electrons. The number of halogens is 2. The summed E-state index contributed by atoms with van der Waals surface area (Å²) >= 11 is 3.18. The van der Waals surface area contributed by atoms with Gasteiger partial charge in [0.2, 0.25) is 5.91 Å². The molecule has 0 aromatic heterocycles. The van der Waals surface area contributed by atoms with Crippen LogP contribution in [0, 0.1) is 17.7 Å². The van der Waals surface area contributed by atoms with Crippen LogP contribution < -0.4 is 10.6 Å². The molecule has 2 N–H and O–H groups in total. The van der Waals surface area contributed by atoms with E-state index in [4.69, 9.17) is 0 Å². The Labute approximate surface area is 140 Å². The number of hydrogen-bond acceptors (Lipinski definition) is 2. The Hall–Kier alpha value is -0.940. The molecule has 2 unspecified atom stereocenters. The van der Waals surface area contributed by atoms with E-state index in [-0.39, 0.29) is 11.7 Å². The molecule has 1 fully saturated rings. The van der Waals surface area contributed by atoms with Crippen molar-refractivity contribution in [1.29, 1.82) is 0 Å². The lowest BCUT2D eigenvalue weighted by Crippen LogP contribution is -2.36. The van der Waals surface area contributed by atoms with Crippen LogP contribution in [0.1, 0.15) is 31.7 Å². The zero-order valence-corrected chi connectivity index (χ0v) is 14.6. The quantitative estimate of drug-likeness (QED) is 0.806. The second kappa shape index (κ2) is 8.63. The normalized spacial score (nSPS) is 19.7. The Kier molecular flexibility index (Phi) is 6.83. The highest BCUT2D eigenvalue weighted by molar-refractivity contribution is 9.10. The minimum Gasteiger partial charge on any atom is -0.356 e. The van der Waals surface area contributed by atoms with Gasteiger partial charge in [-0.15, -0.1) is 0 Å². The predicted molar refractivity (Wildman–Crippen MR) is 90.2 cm³/mol. The van der Waals surface area contributed by atoms with Gasteiger partial charge in [-0.05, 0) is 77.8 Å². The van der Waals surface area contributed by atoms with Gasteiger partial charge in [-0.3, -0.25) is 4.79 Å². The Morgan fingerprint density at radius 3 is 3.05 bits per heavy atom. The maximum absolute atomic E-state index is 13.1. The molecule has 0 aliphatic carbocycles. The summed E-state index contributed by atoms with van der Waals surface area (Å²) in [4.78, 5) is 12.0. The molecular formula is C17H24BrFN2O. The number of carbonyl (C=O) groups excluding carboxylic acids is 1. The van der Waals surface area contributed by atoms with E-state index in [0.717, 1.165) is 18.7 Å². The molecule has 1 aromatic carbocycles. The second-order valence-corrected chi connectivity index (χ2v) is 6.99. The summed E-state index contributed by atoms with van der Waals surface area (Å²) in [5.74, 6) is 0.863. The van der Waals surface area contributed by atoms with Gasteiger partial charge in [0.1, 0.15) is 5.82 Å². The lowest BCUT2D eigenvalue weighted by atomic mass is 9.85. The molecule has 1 saturated heterocycles. The van der Waals surface area contributed by atoms with E-state index in [0.29, 0.717) is 35.7 Å². The molecule has 122 valence electrons. The van der Waals surface area contributed by atoms with Crippen LogP contribution in [0.25, 0.3) is 0 Å². The van der Waals surface area contributed by atoms with Crippen molar-refractivity contribution in [2.24, 2.45) is 11.8 Å². The number of hydrogen-bond donors (Lipinski definition) is 2. The zero-order valence-electron chi connectivity index (χ0n) is 13.0. The number of rotatable bonds is 6. The molecule has 1 aliphatic heterocycles. The fourth-order valence-corrected chi connectivity index (χ4v) is 3.36. The van der Waals surface area contributed by atoms with Gasteiger partial charge in [-0.1, -0.05) is 13.0 Å². The maximum Gasteiger partial charge on any atom is 0.220 e. The third-order valence-corrected chi connectivity index (χ3v) is 4.97. The molecule has 2 atom stereocenters. The van der Waals surface area contributed by atoms with Gasteiger partial charge in [0, 0.05) is 13.0 Å². The molecule has 2 rings (SSSR count). The third-order valence-electron chi connectivity index (χ3n) is 4.37. The topological polar surface area (TPSA) is 41.1 Å². The Morgan fingerprint density at radius 1 is 1.55 bits per heavy atom. The van der Waals surface area contributed by atoms with Crippen LogP contribution in [0.2, 0.25) is 0 Å². The first-order valence-corrected chi connectivity index (χ1v) is 8.77. The van der Waals surface area contributed by atoms with Crippen LogP contribution in [0.3, 0.4) is 0 Å². The molecule has 0 spiro atoms. The number of nitrogens with one attached hydrogen (secondary N) is 2. The summed E-state index contributed by atoms with van der Waals surface area (Å²) < 4.78 is 13.6. The Morgan fingerprint density at radius 2 is 2.36 bits per heavy atom. The van der Waals surface area contributed by atoms with Crippen molar-refractivity contribution in [3.05, 3.63) is 34.1 Å². The van der Waals surface area contributed by atoms with Crippen LogP contribution in [0.5, 0.6) is 0 Å². The monoisotopic (exact) mass is 370 g/mol. The largest absolute Gasteiger partial charge is 0.356 e. The molecule has 1 heterocycles. The molecule has 5 heteroatoms. The fourth-order valence-electron chi connectivity index (χ4n) is 2.94. The third kappa shape index (κ3) is 5.36. The van der Waals surface area contributed by atoms with Gasteiger partial charge in [0.15, 0.2) is 0 Å². The Bertz CT molecular complexity index is 503. The van der Waals surface area contributed by atoms with Gasteiger partial charge < -0.3 is 10.6 Å². The van der Waals surface area contributed by atoms with Crippen molar-refractivity contribution in [2.45, 2.75) is 32.6 Å². The smallest absolute Gasteiger partial charge is 0.220 e. The van der Waals surface area contributed by atoms with Crippen molar-refractivity contribution in [1.82, 2.24) is 10.6 Å². The van der Waals surface area contributed by atoms with Gasteiger partial charge in [-0.25, -0.2) is 4.39 Å². The highest BCUT2D eigenvalue weighted by atomic mass is 79.9. The summed E-state index contributed by atoms with van der Waals surface area (Å²) in [6, 6.07) is 4.96. The SMILES string of the molecule is CC(CC(=O)NCCc1ccc(F)c(Br)c1)C1CCCNC1. The minimum atomic E-state index is -0.261. The van der Waals surface area contributed by atoms with Crippen LogP contribution >= 0.6 is 15.9 Å². The van der Waals surface area contributed by atoms with Crippen LogP contribution in [-0.2, 0) is 11.2 Å². The molecule has 3 nitrogen and oxygen atoms in total. The number of carbonyl (C=O) groups is 1. The Balaban J connectivity index is 1.69. The standard InChI is InChI=1S/C17H24BrFN2O/c1-12(14-3-2-7-20-11-14)9-17(22)21-8-6-13-4-5-16(19)15(18)10-13/h4-5,10,12,14,20H,2-3,6-9,11H2,1H3,(H,21,22). The van der Waals surface area contributed by atoms with E-state index in [9.17, 15) is 9.18 Å². The van der Waals surface area contributed by atoms with Crippen LogP contribution in [0.15, 0.2) is 22.7 Å². The van der Waals surface area contributed by atoms with Crippen molar-refractivity contribution in [2.75, 3.05) is 19.6 Å². The summed E-state index contributed by atoms with van der Waals surface area (Å²) in [5, 5.41) is 6.36. The molecule has 1 amide bonds. The van der Waals surface area contributed by atoms with Crippen LogP contribution in [0.4, 0.5) is 4.39 Å². The van der Waals surface area contributed by atoms with E-state index in [1.165, 1.54) is 18.9 Å². The first-order chi connectivity index (χ1) is 10.6. The van der Waals surface area contributed by atoms with Crippen molar-refractivity contribution in [3.8, 4) is 0 Å². The second-order valence-electron chi connectivity index (χ2n) is 6.14. The van der Waals surface area contributed by atoms with E-state index in [1.54, 1.807) is 12.1 Å². The molecule has 1 aromatic rings. The summed E-state index contributed by atoms with van der Waals surface area (Å²) in [5.41, 5.74) is 1.01. The average Bonchev–Trinajstić information content (AvgIpc) is 2.51. The average molecular weight is 371 g/mol. The highest BCUT2D eigenvalue weighted by Gasteiger charge is 2.21. The van der Waals surface area contributed by atoms with E-state index < -0.39 is 0 Å². The van der Waals surface area contributed by atoms with E-state index >= 15 is 0 Å². The van der Waals surface area contributed by atoms with E-state index in [2.05, 4.69) is 33.5 Å². The highest BCUT2D eigenvalue weighted by Crippen LogP contribution is 2.22. The minimum absolute atomic E-state index is 0.110. The number of amides is 1. The van der Waals surface area contributed by atoms with Crippen LogP contribution in [-0.4, -0.2) is 25.5 Å². The van der Waals surface area contributed by atoms with Gasteiger partial charge >= 0.3 is 0 Å². The zero-order chi connectivity index (χ0) is 15.9. The molecule has 22 heavy (non-hydrogen) atoms. The molecule has 0 bridgehead atoms. The molecule has 1 aliphatic rings. The molecule has 0 saturated carbocycles. The predicted octanol–water partition coefficient (Wildman–Crippen LogP) is 3.27. The lowest BCUT2D eigenvalue weighted by molar-refractivity contribution is -0.122. The maximum atomic E-state index is 13.1.